The van der Waals surface area contributed by atoms with Gasteiger partial charge >= 0.3 is 12.5 Å². The molecule has 0 N–H and O–H groups in total. The van der Waals surface area contributed by atoms with Gasteiger partial charge in [0.2, 0.25) is 0 Å². The van der Waals surface area contributed by atoms with Crippen LogP contribution in [0.1, 0.15) is 12.5 Å². The van der Waals surface area contributed by atoms with E-state index in [1.807, 2.05) is 0 Å². The van der Waals surface area contributed by atoms with Gasteiger partial charge in [0.25, 0.3) is 0 Å². The van der Waals surface area contributed by atoms with Crippen LogP contribution in [0.15, 0.2) is 12.1 Å². The molecule has 0 aromatic heterocycles. The standard InChI is InChI=1S/C10H7F6IO2/c1-2-18-7-3-5(9(11,12)13)6(17)4-8(7)19-10(14,15)16/h3-4H,2H2,1H3. The van der Waals surface area contributed by atoms with Crippen LogP contribution in [0.3, 0.4) is 0 Å². The van der Waals surface area contributed by atoms with E-state index in [4.69, 9.17) is 4.74 Å². The second-order valence-electron chi connectivity index (χ2n) is 3.26. The summed E-state index contributed by atoms with van der Waals surface area (Å²) in [6.45, 7) is 1.34. The molecule has 0 atom stereocenters. The minimum Gasteiger partial charge on any atom is -0.490 e. The number of alkyl halides is 6. The molecule has 0 radical (unpaired) electrons. The summed E-state index contributed by atoms with van der Waals surface area (Å²) in [5.41, 5.74) is -1.08. The molecule has 0 aliphatic heterocycles. The van der Waals surface area contributed by atoms with Crippen molar-refractivity contribution in [2.24, 2.45) is 0 Å². The van der Waals surface area contributed by atoms with Gasteiger partial charge in [0.05, 0.1) is 12.2 Å². The van der Waals surface area contributed by atoms with Crippen molar-refractivity contribution in [1.82, 2.24) is 0 Å². The van der Waals surface area contributed by atoms with Crippen LogP contribution in [0.25, 0.3) is 0 Å². The Morgan fingerprint density at radius 3 is 2.05 bits per heavy atom. The first-order chi connectivity index (χ1) is 8.54. The van der Waals surface area contributed by atoms with Gasteiger partial charge in [0.1, 0.15) is 0 Å². The van der Waals surface area contributed by atoms with Crippen molar-refractivity contribution in [2.75, 3.05) is 6.61 Å². The lowest BCUT2D eigenvalue weighted by atomic mass is 10.2. The fourth-order valence-corrected chi connectivity index (χ4v) is 1.97. The van der Waals surface area contributed by atoms with E-state index in [1.54, 1.807) is 0 Å². The summed E-state index contributed by atoms with van der Waals surface area (Å²) >= 11 is 1.28. The number of halogens is 7. The lowest BCUT2D eigenvalue weighted by Crippen LogP contribution is -2.18. The predicted molar refractivity (Wildman–Crippen MR) is 62.0 cm³/mol. The molecule has 0 aliphatic carbocycles. The number of rotatable bonds is 3. The van der Waals surface area contributed by atoms with Crippen molar-refractivity contribution in [3.63, 3.8) is 0 Å². The van der Waals surface area contributed by atoms with E-state index in [0.29, 0.717) is 12.1 Å². The third-order valence-corrected chi connectivity index (χ3v) is 2.76. The van der Waals surface area contributed by atoms with Crippen LogP contribution in [-0.2, 0) is 6.18 Å². The van der Waals surface area contributed by atoms with E-state index in [1.165, 1.54) is 29.5 Å². The van der Waals surface area contributed by atoms with E-state index >= 15 is 0 Å². The zero-order chi connectivity index (χ0) is 14.8. The summed E-state index contributed by atoms with van der Waals surface area (Å²) in [5.74, 6) is -1.40. The molecular weight excluding hydrogens is 393 g/mol. The minimum atomic E-state index is -5.01. The summed E-state index contributed by atoms with van der Waals surface area (Å²) in [6.07, 6.45) is -9.69. The van der Waals surface area contributed by atoms with Crippen LogP contribution in [0.4, 0.5) is 26.3 Å². The van der Waals surface area contributed by atoms with Gasteiger partial charge in [-0.1, -0.05) is 0 Å². The summed E-state index contributed by atoms with van der Waals surface area (Å²) in [7, 11) is 0. The largest absolute Gasteiger partial charge is 0.573 e. The number of benzene rings is 1. The normalized spacial score (nSPS) is 12.4. The Morgan fingerprint density at radius 1 is 1.05 bits per heavy atom. The first kappa shape index (κ1) is 16.2. The highest BCUT2D eigenvalue weighted by Gasteiger charge is 2.37. The minimum absolute atomic E-state index is 0.0912. The first-order valence-corrected chi connectivity index (χ1v) is 5.91. The highest BCUT2D eigenvalue weighted by Crippen LogP contribution is 2.41. The van der Waals surface area contributed by atoms with E-state index in [9.17, 15) is 26.3 Å². The number of hydrogen-bond donors (Lipinski definition) is 0. The number of ether oxygens (including phenoxy) is 2. The molecule has 9 heteroatoms. The Labute approximate surface area is 117 Å². The molecule has 1 aromatic carbocycles. The highest BCUT2D eigenvalue weighted by atomic mass is 127. The van der Waals surface area contributed by atoms with Gasteiger partial charge in [0.15, 0.2) is 11.5 Å². The predicted octanol–water partition coefficient (Wildman–Crippen LogP) is 4.61. The lowest BCUT2D eigenvalue weighted by Gasteiger charge is -2.17. The third-order valence-electron chi connectivity index (χ3n) is 1.86. The van der Waals surface area contributed by atoms with Crippen LogP contribution >= 0.6 is 22.6 Å². The molecule has 0 amide bonds. The average molecular weight is 400 g/mol. The zero-order valence-corrected chi connectivity index (χ0v) is 11.5. The maximum absolute atomic E-state index is 12.6. The zero-order valence-electron chi connectivity index (χ0n) is 9.32. The van der Waals surface area contributed by atoms with Crippen molar-refractivity contribution in [2.45, 2.75) is 19.5 Å². The maximum Gasteiger partial charge on any atom is 0.573 e. The molecule has 19 heavy (non-hydrogen) atoms. The van der Waals surface area contributed by atoms with E-state index in [2.05, 4.69) is 4.74 Å². The van der Waals surface area contributed by atoms with Gasteiger partial charge in [-0.2, -0.15) is 13.2 Å². The molecule has 0 heterocycles. The van der Waals surface area contributed by atoms with Gasteiger partial charge in [-0.25, -0.2) is 0 Å². The summed E-state index contributed by atoms with van der Waals surface area (Å²) in [6, 6.07) is 1.13. The Bertz CT molecular complexity index is 455. The molecule has 2 nitrogen and oxygen atoms in total. The monoisotopic (exact) mass is 400 g/mol. The molecule has 1 aromatic rings. The maximum atomic E-state index is 12.6. The van der Waals surface area contributed by atoms with Crippen LogP contribution in [0.2, 0.25) is 0 Å². The second-order valence-corrected chi connectivity index (χ2v) is 4.42. The van der Waals surface area contributed by atoms with Gasteiger partial charge < -0.3 is 9.47 Å². The quantitative estimate of drug-likeness (QED) is 0.545. The van der Waals surface area contributed by atoms with Crippen LogP contribution in [-0.4, -0.2) is 13.0 Å². The van der Waals surface area contributed by atoms with Crippen LogP contribution < -0.4 is 9.47 Å². The van der Waals surface area contributed by atoms with E-state index in [0.717, 1.165) is 0 Å². The lowest BCUT2D eigenvalue weighted by molar-refractivity contribution is -0.275. The van der Waals surface area contributed by atoms with Crippen molar-refractivity contribution in [1.29, 1.82) is 0 Å². The molecular formula is C10H7F6IO2. The Kier molecular flexibility index (Phi) is 4.80. The van der Waals surface area contributed by atoms with Crippen LogP contribution in [0, 0.1) is 3.57 Å². The average Bonchev–Trinajstić information content (AvgIpc) is 2.17. The third kappa shape index (κ3) is 4.62. The Morgan fingerprint density at radius 2 is 1.63 bits per heavy atom. The van der Waals surface area contributed by atoms with Crippen molar-refractivity contribution < 1.29 is 35.8 Å². The Balaban J connectivity index is 3.29. The van der Waals surface area contributed by atoms with Crippen molar-refractivity contribution in [3.05, 3.63) is 21.3 Å². The first-order valence-electron chi connectivity index (χ1n) is 4.84. The summed E-state index contributed by atoms with van der Waals surface area (Å²) in [4.78, 5) is 0. The second kappa shape index (κ2) is 5.63. The van der Waals surface area contributed by atoms with Gasteiger partial charge in [-0.05, 0) is 41.6 Å². The molecule has 108 valence electrons. The number of hydrogen-bond acceptors (Lipinski definition) is 2. The molecule has 0 saturated carbocycles. The molecule has 0 fully saturated rings. The van der Waals surface area contributed by atoms with E-state index < -0.39 is 33.2 Å². The fraction of sp³-hybridized carbons (Fsp3) is 0.400. The van der Waals surface area contributed by atoms with Gasteiger partial charge in [-0.15, -0.1) is 13.2 Å². The smallest absolute Gasteiger partial charge is 0.490 e. The van der Waals surface area contributed by atoms with E-state index in [-0.39, 0.29) is 6.61 Å². The van der Waals surface area contributed by atoms with Gasteiger partial charge in [-0.3, -0.25) is 0 Å². The molecule has 0 bridgehead atoms. The summed E-state index contributed by atoms with van der Waals surface area (Å²) < 4.78 is 82.2. The topological polar surface area (TPSA) is 18.5 Å². The molecule has 0 saturated heterocycles. The SMILES string of the molecule is CCOc1cc(C(F)(F)F)c(I)cc1OC(F)(F)F. The fourth-order valence-electron chi connectivity index (χ4n) is 1.23. The van der Waals surface area contributed by atoms with Crippen LogP contribution in [0.5, 0.6) is 11.5 Å². The van der Waals surface area contributed by atoms with Crippen molar-refractivity contribution >= 4 is 22.6 Å². The van der Waals surface area contributed by atoms with Gasteiger partial charge in [0, 0.05) is 3.57 Å². The Hall–Kier alpha value is -0.870. The molecule has 1 rings (SSSR count). The molecule has 0 aliphatic rings. The molecule has 0 unspecified atom stereocenters. The molecule has 0 spiro atoms. The highest BCUT2D eigenvalue weighted by molar-refractivity contribution is 14.1. The van der Waals surface area contributed by atoms with Crippen molar-refractivity contribution in [3.8, 4) is 11.5 Å². The summed E-state index contributed by atoms with van der Waals surface area (Å²) in [5, 5.41) is 0.